The molecule has 0 aromatic heterocycles. The number of rotatable bonds is 4. The molecule has 0 fully saturated rings. The molecular formula is C16H18. The lowest BCUT2D eigenvalue weighted by atomic mass is 10.1. The molecule has 1 rings (SSSR count). The molecule has 82 valence electrons. The second-order valence-corrected chi connectivity index (χ2v) is 3.50. The maximum Gasteiger partial charge on any atom is 0.0340 e. The molecule has 0 saturated carbocycles. The standard InChI is InChI=1S/C16H18/c1-2-3-4-5-6-7-8-10-13-16-14-11-9-12-15-16/h2-3,5-6,9,11-12,14-15H,4,7,13H2,1H3. The summed E-state index contributed by atoms with van der Waals surface area (Å²) in [5.41, 5.74) is 1.29. The van der Waals surface area contributed by atoms with E-state index in [1.165, 1.54) is 5.56 Å². The van der Waals surface area contributed by atoms with Gasteiger partial charge in [-0.25, -0.2) is 0 Å². The molecule has 0 aliphatic rings. The first-order valence-corrected chi connectivity index (χ1v) is 5.69. The third-order valence-corrected chi connectivity index (χ3v) is 2.15. The lowest BCUT2D eigenvalue weighted by Crippen LogP contribution is -1.78. The van der Waals surface area contributed by atoms with Crippen molar-refractivity contribution in [3.8, 4) is 11.8 Å². The van der Waals surface area contributed by atoms with Crippen LogP contribution < -0.4 is 0 Å². The van der Waals surface area contributed by atoms with Crippen molar-refractivity contribution in [1.82, 2.24) is 0 Å². The average molecular weight is 210 g/mol. The molecule has 1 aromatic carbocycles. The van der Waals surface area contributed by atoms with E-state index in [1.807, 2.05) is 25.1 Å². The predicted molar refractivity (Wildman–Crippen MR) is 71.1 cm³/mol. The molecule has 0 heterocycles. The lowest BCUT2D eigenvalue weighted by molar-refractivity contribution is 1.30. The van der Waals surface area contributed by atoms with Gasteiger partial charge in [-0.1, -0.05) is 66.5 Å². The fourth-order valence-corrected chi connectivity index (χ4v) is 1.29. The summed E-state index contributed by atoms with van der Waals surface area (Å²) in [6, 6.07) is 10.3. The minimum atomic E-state index is 0.851. The van der Waals surface area contributed by atoms with Gasteiger partial charge < -0.3 is 0 Å². The highest BCUT2D eigenvalue weighted by molar-refractivity contribution is 5.21. The van der Waals surface area contributed by atoms with E-state index in [-0.39, 0.29) is 0 Å². The monoisotopic (exact) mass is 210 g/mol. The van der Waals surface area contributed by atoms with Crippen molar-refractivity contribution in [3.63, 3.8) is 0 Å². The second-order valence-electron chi connectivity index (χ2n) is 3.50. The second kappa shape index (κ2) is 8.56. The Labute approximate surface area is 98.7 Å². The summed E-state index contributed by atoms with van der Waals surface area (Å²) < 4.78 is 0. The summed E-state index contributed by atoms with van der Waals surface area (Å²) in [5, 5.41) is 0. The molecule has 0 bridgehead atoms. The van der Waals surface area contributed by atoms with Crippen LogP contribution in [0.15, 0.2) is 54.6 Å². The van der Waals surface area contributed by atoms with Gasteiger partial charge in [-0.05, 0) is 18.9 Å². The maximum atomic E-state index is 3.17. The van der Waals surface area contributed by atoms with Crippen LogP contribution in [0.2, 0.25) is 0 Å². The zero-order valence-electron chi connectivity index (χ0n) is 9.82. The summed E-state index contributed by atoms with van der Waals surface area (Å²) in [7, 11) is 0. The molecule has 0 radical (unpaired) electrons. The molecule has 0 aliphatic heterocycles. The normalized spacial score (nSPS) is 10.6. The SMILES string of the molecule is CC=CCC=CCC#CCc1ccccc1. The number of hydrogen-bond donors (Lipinski definition) is 0. The van der Waals surface area contributed by atoms with Crippen molar-refractivity contribution in [2.75, 3.05) is 0 Å². The minimum absolute atomic E-state index is 0.851. The van der Waals surface area contributed by atoms with Crippen molar-refractivity contribution >= 4 is 0 Å². The average Bonchev–Trinajstić information content (AvgIpc) is 2.34. The zero-order chi connectivity index (χ0) is 11.5. The smallest absolute Gasteiger partial charge is 0.0340 e. The van der Waals surface area contributed by atoms with Crippen LogP contribution in [0.3, 0.4) is 0 Å². The summed E-state index contributed by atoms with van der Waals surface area (Å²) in [6.45, 7) is 2.04. The van der Waals surface area contributed by atoms with E-state index in [9.17, 15) is 0 Å². The molecular weight excluding hydrogens is 192 g/mol. The van der Waals surface area contributed by atoms with E-state index in [0.717, 1.165) is 19.3 Å². The highest BCUT2D eigenvalue weighted by atomic mass is 13.9. The van der Waals surface area contributed by atoms with E-state index in [1.54, 1.807) is 0 Å². The van der Waals surface area contributed by atoms with Crippen LogP contribution in [0.1, 0.15) is 25.3 Å². The Hall–Kier alpha value is -1.74. The maximum absolute atomic E-state index is 3.17. The van der Waals surface area contributed by atoms with Crippen LogP contribution >= 0.6 is 0 Å². The molecule has 0 aliphatic carbocycles. The molecule has 0 spiro atoms. The molecule has 0 unspecified atom stereocenters. The van der Waals surface area contributed by atoms with Gasteiger partial charge in [-0.2, -0.15) is 0 Å². The number of allylic oxidation sites excluding steroid dienone is 4. The van der Waals surface area contributed by atoms with E-state index in [4.69, 9.17) is 0 Å². The van der Waals surface area contributed by atoms with E-state index < -0.39 is 0 Å². The van der Waals surface area contributed by atoms with Gasteiger partial charge in [0.25, 0.3) is 0 Å². The lowest BCUT2D eigenvalue weighted by Gasteiger charge is -1.90. The van der Waals surface area contributed by atoms with Crippen molar-refractivity contribution in [1.29, 1.82) is 0 Å². The van der Waals surface area contributed by atoms with Gasteiger partial charge in [0, 0.05) is 12.8 Å². The van der Waals surface area contributed by atoms with Crippen molar-refractivity contribution in [2.24, 2.45) is 0 Å². The van der Waals surface area contributed by atoms with E-state index in [0.29, 0.717) is 0 Å². The van der Waals surface area contributed by atoms with Crippen LogP contribution in [-0.4, -0.2) is 0 Å². The Morgan fingerprint density at radius 1 is 1.00 bits per heavy atom. The first kappa shape index (κ1) is 12.3. The van der Waals surface area contributed by atoms with E-state index in [2.05, 4.69) is 48.3 Å². The fraction of sp³-hybridized carbons (Fsp3) is 0.250. The van der Waals surface area contributed by atoms with Crippen LogP contribution in [0.4, 0.5) is 0 Å². The van der Waals surface area contributed by atoms with Crippen molar-refractivity contribution < 1.29 is 0 Å². The van der Waals surface area contributed by atoms with Crippen LogP contribution in [0, 0.1) is 11.8 Å². The van der Waals surface area contributed by atoms with Gasteiger partial charge in [-0.3, -0.25) is 0 Å². The van der Waals surface area contributed by atoms with Crippen molar-refractivity contribution in [3.05, 3.63) is 60.2 Å². The van der Waals surface area contributed by atoms with Crippen LogP contribution in [0.5, 0.6) is 0 Å². The molecule has 0 heteroatoms. The molecule has 0 saturated heterocycles. The number of hydrogen-bond acceptors (Lipinski definition) is 0. The first-order chi connectivity index (χ1) is 7.93. The number of benzene rings is 1. The molecule has 0 amide bonds. The summed E-state index contributed by atoms with van der Waals surface area (Å²) in [5.74, 6) is 6.32. The minimum Gasteiger partial charge on any atom is -0.0988 e. The molecule has 1 aromatic rings. The van der Waals surface area contributed by atoms with Gasteiger partial charge in [0.1, 0.15) is 0 Å². The van der Waals surface area contributed by atoms with Gasteiger partial charge in [-0.15, -0.1) is 0 Å². The first-order valence-electron chi connectivity index (χ1n) is 5.69. The Morgan fingerprint density at radius 2 is 1.81 bits per heavy atom. The fourth-order valence-electron chi connectivity index (χ4n) is 1.29. The quantitative estimate of drug-likeness (QED) is 0.517. The van der Waals surface area contributed by atoms with Crippen LogP contribution in [0.25, 0.3) is 0 Å². The summed E-state index contributed by atoms with van der Waals surface area (Å²) in [6.07, 6.45) is 11.2. The van der Waals surface area contributed by atoms with Gasteiger partial charge >= 0.3 is 0 Å². The molecule has 0 N–H and O–H groups in total. The van der Waals surface area contributed by atoms with Crippen molar-refractivity contribution in [2.45, 2.75) is 26.2 Å². The summed E-state index contributed by atoms with van der Waals surface area (Å²) in [4.78, 5) is 0. The predicted octanol–water partition coefficient (Wildman–Crippen LogP) is 4.15. The third-order valence-electron chi connectivity index (χ3n) is 2.15. The molecule has 0 nitrogen and oxygen atoms in total. The zero-order valence-corrected chi connectivity index (χ0v) is 9.82. The Kier molecular flexibility index (Phi) is 6.60. The summed E-state index contributed by atoms with van der Waals surface area (Å²) >= 11 is 0. The topological polar surface area (TPSA) is 0 Å². The van der Waals surface area contributed by atoms with Gasteiger partial charge in [0.2, 0.25) is 0 Å². The van der Waals surface area contributed by atoms with Gasteiger partial charge in [0.05, 0.1) is 0 Å². The van der Waals surface area contributed by atoms with Gasteiger partial charge in [0.15, 0.2) is 0 Å². The molecule has 0 atom stereocenters. The van der Waals surface area contributed by atoms with Crippen LogP contribution in [-0.2, 0) is 6.42 Å². The third kappa shape index (κ3) is 5.88. The largest absolute Gasteiger partial charge is 0.0988 e. The highest BCUT2D eigenvalue weighted by Crippen LogP contribution is 1.98. The molecule has 16 heavy (non-hydrogen) atoms. The highest BCUT2D eigenvalue weighted by Gasteiger charge is 1.83. The Bertz CT molecular complexity index is 385. The van der Waals surface area contributed by atoms with E-state index >= 15 is 0 Å². The Morgan fingerprint density at radius 3 is 2.56 bits per heavy atom. The Balaban J connectivity index is 2.21.